The predicted octanol–water partition coefficient (Wildman–Crippen LogP) is 5.34. The van der Waals surface area contributed by atoms with Crippen LogP contribution in [-0.4, -0.2) is 66.0 Å². The molecule has 0 bridgehead atoms. The van der Waals surface area contributed by atoms with Crippen molar-refractivity contribution in [3.8, 4) is 0 Å². The summed E-state index contributed by atoms with van der Waals surface area (Å²) in [6.07, 6.45) is 5.41. The Morgan fingerprint density at radius 2 is 1.56 bits per heavy atom. The maximum Gasteiger partial charge on any atom is 0.270 e. The third kappa shape index (κ3) is 7.49. The van der Waals surface area contributed by atoms with Gasteiger partial charge in [-0.3, -0.25) is 25.0 Å². The molecule has 0 unspecified atom stereocenters. The monoisotopic (exact) mass is 618 g/mol. The van der Waals surface area contributed by atoms with E-state index < -0.39 is 10.8 Å². The Morgan fingerprint density at radius 1 is 0.884 bits per heavy atom. The van der Waals surface area contributed by atoms with E-state index in [1.54, 1.807) is 18.2 Å². The molecule has 2 fully saturated rings. The summed E-state index contributed by atoms with van der Waals surface area (Å²) in [5.74, 6) is -0.556. The van der Waals surface area contributed by atoms with E-state index in [9.17, 15) is 19.7 Å². The van der Waals surface area contributed by atoms with Gasteiger partial charge in [0.15, 0.2) is 5.11 Å². The molecule has 2 amide bonds. The Bertz CT molecular complexity index is 1550. The lowest BCUT2D eigenvalue weighted by Gasteiger charge is -2.36. The third-order valence-corrected chi connectivity index (χ3v) is 7.97. The SMILES string of the molecule is O=C(NC(=S)Nc1ccc(N2CCN(C(=O)/C=C/c3ccccc3)CC2)c(Cl)c1)c1cc([N+](=O)[O-])ccc1N1CCCC1. The van der Waals surface area contributed by atoms with E-state index in [1.165, 1.54) is 12.1 Å². The molecule has 0 saturated carbocycles. The molecule has 43 heavy (non-hydrogen) atoms. The highest BCUT2D eigenvalue weighted by Gasteiger charge is 2.24. The molecule has 2 N–H and O–H groups in total. The maximum absolute atomic E-state index is 13.2. The van der Waals surface area contributed by atoms with Crippen LogP contribution in [0.4, 0.5) is 22.7 Å². The summed E-state index contributed by atoms with van der Waals surface area (Å²) in [6.45, 7) is 3.97. The number of nitro groups is 1. The number of carbonyl (C=O) groups excluding carboxylic acids is 2. The summed E-state index contributed by atoms with van der Waals surface area (Å²) in [7, 11) is 0. The Hall–Kier alpha value is -4.48. The van der Waals surface area contributed by atoms with Crippen molar-refractivity contribution in [2.24, 2.45) is 0 Å². The number of rotatable bonds is 7. The number of hydrogen-bond acceptors (Lipinski definition) is 7. The summed E-state index contributed by atoms with van der Waals surface area (Å²) in [5.41, 5.74) is 3.07. The van der Waals surface area contributed by atoms with E-state index in [2.05, 4.69) is 15.5 Å². The van der Waals surface area contributed by atoms with Crippen LogP contribution in [0, 0.1) is 10.1 Å². The van der Waals surface area contributed by atoms with Crippen molar-refractivity contribution in [2.45, 2.75) is 12.8 Å². The fraction of sp³-hybridized carbons (Fsp3) is 0.258. The molecule has 0 spiro atoms. The summed E-state index contributed by atoms with van der Waals surface area (Å²) >= 11 is 12.0. The van der Waals surface area contributed by atoms with Gasteiger partial charge >= 0.3 is 0 Å². The Balaban J connectivity index is 1.17. The number of non-ortho nitro benzene ring substituents is 1. The number of halogens is 1. The minimum Gasteiger partial charge on any atom is -0.371 e. The zero-order valence-corrected chi connectivity index (χ0v) is 24.9. The van der Waals surface area contributed by atoms with Crippen LogP contribution in [0.2, 0.25) is 5.02 Å². The van der Waals surface area contributed by atoms with Crippen LogP contribution in [0.3, 0.4) is 0 Å². The molecular weight excluding hydrogens is 588 g/mol. The average Bonchev–Trinajstić information content (AvgIpc) is 3.55. The first kappa shape index (κ1) is 30.0. The van der Waals surface area contributed by atoms with Gasteiger partial charge in [0, 0.05) is 63.2 Å². The molecule has 0 aromatic heterocycles. The summed E-state index contributed by atoms with van der Waals surface area (Å²) in [5, 5.41) is 17.5. The number of nitrogens with zero attached hydrogens (tertiary/aromatic N) is 4. The van der Waals surface area contributed by atoms with Crippen molar-refractivity contribution in [1.29, 1.82) is 0 Å². The normalized spacial score (nSPS) is 15.0. The quantitative estimate of drug-likeness (QED) is 0.158. The first-order chi connectivity index (χ1) is 20.8. The van der Waals surface area contributed by atoms with Crippen molar-refractivity contribution in [3.05, 3.63) is 99.1 Å². The van der Waals surface area contributed by atoms with Gasteiger partial charge in [0.25, 0.3) is 11.6 Å². The summed E-state index contributed by atoms with van der Waals surface area (Å²) < 4.78 is 0. The maximum atomic E-state index is 13.2. The smallest absolute Gasteiger partial charge is 0.270 e. The molecule has 12 heteroatoms. The van der Waals surface area contributed by atoms with Gasteiger partial charge in [-0.1, -0.05) is 41.9 Å². The molecule has 2 aliphatic heterocycles. The Morgan fingerprint density at radius 3 is 2.23 bits per heavy atom. The highest BCUT2D eigenvalue weighted by atomic mass is 35.5. The number of hydrogen-bond donors (Lipinski definition) is 2. The molecule has 0 aliphatic carbocycles. The van der Waals surface area contributed by atoms with Gasteiger partial charge in [-0.2, -0.15) is 0 Å². The molecular formula is C31H31ClN6O4S. The molecule has 2 saturated heterocycles. The highest BCUT2D eigenvalue weighted by molar-refractivity contribution is 7.80. The van der Waals surface area contributed by atoms with Crippen molar-refractivity contribution < 1.29 is 14.5 Å². The van der Waals surface area contributed by atoms with Crippen LogP contribution < -0.4 is 20.4 Å². The van der Waals surface area contributed by atoms with Crippen molar-refractivity contribution in [3.63, 3.8) is 0 Å². The molecule has 0 atom stereocenters. The van der Waals surface area contributed by atoms with Gasteiger partial charge < -0.3 is 20.0 Å². The number of benzene rings is 3. The lowest BCUT2D eigenvalue weighted by atomic mass is 10.1. The van der Waals surface area contributed by atoms with E-state index in [1.807, 2.05) is 58.3 Å². The van der Waals surface area contributed by atoms with E-state index in [0.717, 1.165) is 37.2 Å². The fourth-order valence-corrected chi connectivity index (χ4v) is 5.74. The Kier molecular flexibility index (Phi) is 9.53. The van der Waals surface area contributed by atoms with Gasteiger partial charge in [0.1, 0.15) is 0 Å². The number of piperazine rings is 1. The number of carbonyl (C=O) groups is 2. The second-order valence-corrected chi connectivity index (χ2v) is 11.1. The van der Waals surface area contributed by atoms with E-state index in [0.29, 0.717) is 42.6 Å². The van der Waals surface area contributed by atoms with E-state index in [-0.39, 0.29) is 22.3 Å². The fourth-order valence-electron chi connectivity index (χ4n) is 5.23. The first-order valence-electron chi connectivity index (χ1n) is 14.0. The number of nitro benzene ring substituents is 1. The number of amides is 2. The lowest BCUT2D eigenvalue weighted by molar-refractivity contribution is -0.384. The van der Waals surface area contributed by atoms with Gasteiger partial charge in [-0.15, -0.1) is 0 Å². The second kappa shape index (κ2) is 13.7. The molecule has 0 radical (unpaired) electrons. The molecule has 2 heterocycles. The van der Waals surface area contributed by atoms with E-state index >= 15 is 0 Å². The lowest BCUT2D eigenvalue weighted by Crippen LogP contribution is -2.48. The topological polar surface area (TPSA) is 111 Å². The standard InChI is InChI=1S/C31H31ClN6O4S/c32-26-20-23(9-11-28(26)36-16-18-37(19-17-36)29(39)13-8-22-6-2-1-3-7-22)33-31(43)34-30(40)25-21-24(38(41)42)10-12-27(25)35-14-4-5-15-35/h1-3,6-13,20-21H,4-5,14-19H2,(H2,33,34,40,43)/b13-8+. The predicted molar refractivity (Wildman–Crippen MR) is 174 cm³/mol. The second-order valence-electron chi connectivity index (χ2n) is 10.3. The average molecular weight is 619 g/mol. The highest BCUT2D eigenvalue weighted by Crippen LogP contribution is 2.31. The van der Waals surface area contributed by atoms with E-state index in [4.69, 9.17) is 23.8 Å². The largest absolute Gasteiger partial charge is 0.371 e. The van der Waals surface area contributed by atoms with Crippen LogP contribution in [0.15, 0.2) is 72.8 Å². The van der Waals surface area contributed by atoms with Crippen LogP contribution in [0.5, 0.6) is 0 Å². The first-order valence-corrected chi connectivity index (χ1v) is 14.8. The van der Waals surface area contributed by atoms with Gasteiger partial charge in [-0.05, 0) is 61.0 Å². The van der Waals surface area contributed by atoms with Crippen molar-refractivity contribution in [2.75, 3.05) is 54.4 Å². The zero-order valence-electron chi connectivity index (χ0n) is 23.4. The molecule has 3 aromatic rings. The molecule has 10 nitrogen and oxygen atoms in total. The van der Waals surface area contributed by atoms with Crippen molar-refractivity contribution in [1.82, 2.24) is 10.2 Å². The number of thiocarbonyl (C=S) groups is 1. The summed E-state index contributed by atoms with van der Waals surface area (Å²) in [6, 6.07) is 19.4. The zero-order chi connectivity index (χ0) is 30.3. The van der Waals surface area contributed by atoms with Gasteiger partial charge in [0.05, 0.1) is 26.9 Å². The van der Waals surface area contributed by atoms with Gasteiger partial charge in [0.2, 0.25) is 5.91 Å². The van der Waals surface area contributed by atoms with Crippen LogP contribution >= 0.6 is 23.8 Å². The van der Waals surface area contributed by atoms with Crippen LogP contribution in [0.25, 0.3) is 6.08 Å². The Labute approximate surface area is 260 Å². The molecule has 3 aromatic carbocycles. The molecule has 5 rings (SSSR count). The summed E-state index contributed by atoms with van der Waals surface area (Å²) in [4.78, 5) is 42.6. The van der Waals surface area contributed by atoms with Crippen LogP contribution in [0.1, 0.15) is 28.8 Å². The number of anilines is 3. The minimum absolute atomic E-state index is 0.0256. The number of nitrogens with one attached hydrogen (secondary N) is 2. The third-order valence-electron chi connectivity index (χ3n) is 7.46. The molecule has 2 aliphatic rings. The minimum atomic E-state index is -0.531. The molecule has 222 valence electrons. The van der Waals surface area contributed by atoms with Crippen molar-refractivity contribution >= 4 is 69.6 Å². The van der Waals surface area contributed by atoms with Crippen LogP contribution in [-0.2, 0) is 4.79 Å². The van der Waals surface area contributed by atoms with Gasteiger partial charge in [-0.25, -0.2) is 0 Å².